The molecular weight excluding hydrogens is 252 g/mol. The zero-order chi connectivity index (χ0) is 13.8. The van der Waals surface area contributed by atoms with Crippen LogP contribution in [-0.4, -0.2) is 52.3 Å². The second-order valence-corrected chi connectivity index (χ2v) is 4.46. The van der Waals surface area contributed by atoms with Gasteiger partial charge in [0.05, 0.1) is 12.4 Å². The zero-order valence-electron chi connectivity index (χ0n) is 10.3. The number of nitrogens with one attached hydrogen (secondary N) is 1. The summed E-state index contributed by atoms with van der Waals surface area (Å²) in [5.74, 6) is -0.353. The molecule has 1 aliphatic rings. The molecular formula is C12H16N2O5. The van der Waals surface area contributed by atoms with Gasteiger partial charge in [-0.1, -0.05) is 0 Å². The van der Waals surface area contributed by atoms with Crippen LogP contribution in [0.1, 0.15) is 12.2 Å². The quantitative estimate of drug-likeness (QED) is 0.716. The predicted octanol–water partition coefficient (Wildman–Crippen LogP) is 0.0515. The van der Waals surface area contributed by atoms with Gasteiger partial charge >= 0.3 is 12.0 Å². The minimum atomic E-state index is -1.10. The van der Waals surface area contributed by atoms with Gasteiger partial charge in [0.2, 0.25) is 0 Å². The largest absolute Gasteiger partial charge is 0.480 e. The molecule has 1 aliphatic heterocycles. The van der Waals surface area contributed by atoms with Crippen molar-refractivity contribution in [2.75, 3.05) is 13.1 Å². The molecule has 2 rings (SSSR count). The number of hydrogen-bond acceptors (Lipinski definition) is 4. The third-order valence-electron chi connectivity index (χ3n) is 3.05. The normalized spacial score (nSPS) is 22.5. The summed E-state index contributed by atoms with van der Waals surface area (Å²) < 4.78 is 5.12. The number of carboxylic acid groups (broad SMARTS) is 1. The van der Waals surface area contributed by atoms with E-state index in [2.05, 4.69) is 5.32 Å². The van der Waals surface area contributed by atoms with Crippen molar-refractivity contribution in [2.24, 2.45) is 0 Å². The second-order valence-electron chi connectivity index (χ2n) is 4.46. The number of aliphatic hydroxyl groups is 1. The van der Waals surface area contributed by atoms with Crippen molar-refractivity contribution in [3.63, 3.8) is 0 Å². The van der Waals surface area contributed by atoms with Gasteiger partial charge in [-0.25, -0.2) is 9.59 Å². The van der Waals surface area contributed by atoms with Crippen LogP contribution in [0.4, 0.5) is 4.79 Å². The molecule has 0 spiro atoms. The minimum absolute atomic E-state index is 0.0452. The molecule has 2 heterocycles. The number of carboxylic acids is 1. The smallest absolute Gasteiger partial charge is 0.326 e. The SMILES string of the molecule is O=C(O)C1CC(O)CN1C(=O)NCCc1ccco1. The summed E-state index contributed by atoms with van der Waals surface area (Å²) in [6.45, 7) is 0.398. The molecule has 0 aromatic carbocycles. The van der Waals surface area contributed by atoms with Gasteiger partial charge in [0, 0.05) is 25.9 Å². The summed E-state index contributed by atoms with van der Waals surface area (Å²) in [5.41, 5.74) is 0. The first-order chi connectivity index (χ1) is 9.08. The van der Waals surface area contributed by atoms with Gasteiger partial charge in [0.15, 0.2) is 0 Å². The molecule has 7 nitrogen and oxygen atoms in total. The van der Waals surface area contributed by atoms with E-state index in [9.17, 15) is 14.7 Å². The number of rotatable bonds is 4. The third-order valence-corrected chi connectivity index (χ3v) is 3.05. The van der Waals surface area contributed by atoms with E-state index in [1.54, 1.807) is 18.4 Å². The maximum absolute atomic E-state index is 11.8. The minimum Gasteiger partial charge on any atom is -0.480 e. The summed E-state index contributed by atoms with van der Waals surface area (Å²) in [6.07, 6.45) is 1.37. The van der Waals surface area contributed by atoms with Gasteiger partial charge in [-0.05, 0) is 12.1 Å². The highest BCUT2D eigenvalue weighted by atomic mass is 16.4. The van der Waals surface area contributed by atoms with Crippen LogP contribution in [0.25, 0.3) is 0 Å². The van der Waals surface area contributed by atoms with E-state index in [-0.39, 0.29) is 13.0 Å². The molecule has 0 saturated carbocycles. The van der Waals surface area contributed by atoms with Crippen molar-refractivity contribution in [3.05, 3.63) is 24.2 Å². The summed E-state index contributed by atoms with van der Waals surface area (Å²) in [6, 6.07) is 2.12. The van der Waals surface area contributed by atoms with Crippen LogP contribution in [-0.2, 0) is 11.2 Å². The number of carbonyl (C=O) groups is 2. The van der Waals surface area contributed by atoms with E-state index in [1.807, 2.05) is 0 Å². The molecule has 1 aromatic heterocycles. The van der Waals surface area contributed by atoms with Crippen molar-refractivity contribution in [2.45, 2.75) is 25.0 Å². The van der Waals surface area contributed by atoms with Crippen molar-refractivity contribution in [3.8, 4) is 0 Å². The first kappa shape index (κ1) is 13.4. The Morgan fingerprint density at radius 2 is 2.32 bits per heavy atom. The number of aliphatic hydroxyl groups excluding tert-OH is 1. The molecule has 0 radical (unpaired) electrons. The standard InChI is InChI=1S/C12H16N2O5/c15-8-6-10(11(16)17)14(7-8)12(18)13-4-3-9-2-1-5-19-9/h1-2,5,8,10,15H,3-4,6-7H2,(H,13,18)(H,16,17). The lowest BCUT2D eigenvalue weighted by Gasteiger charge is -2.21. The Balaban J connectivity index is 1.83. The van der Waals surface area contributed by atoms with Gasteiger partial charge in [-0.2, -0.15) is 0 Å². The van der Waals surface area contributed by atoms with E-state index >= 15 is 0 Å². The van der Waals surface area contributed by atoms with E-state index in [0.29, 0.717) is 13.0 Å². The molecule has 1 saturated heterocycles. The van der Waals surface area contributed by atoms with Gasteiger partial charge < -0.3 is 24.8 Å². The Kier molecular flexibility index (Phi) is 4.06. The number of carbonyl (C=O) groups excluding carboxylic acids is 1. The van der Waals surface area contributed by atoms with Crippen molar-refractivity contribution in [1.29, 1.82) is 0 Å². The molecule has 7 heteroatoms. The summed E-state index contributed by atoms with van der Waals surface area (Å²) >= 11 is 0. The lowest BCUT2D eigenvalue weighted by molar-refractivity contribution is -0.141. The van der Waals surface area contributed by atoms with Gasteiger partial charge in [-0.15, -0.1) is 0 Å². The summed E-state index contributed by atoms with van der Waals surface area (Å²) in [5, 5.41) is 21.0. The summed E-state index contributed by atoms with van der Waals surface area (Å²) in [7, 11) is 0. The molecule has 1 aromatic rings. The molecule has 19 heavy (non-hydrogen) atoms. The van der Waals surface area contributed by atoms with Gasteiger partial charge in [-0.3, -0.25) is 0 Å². The Hall–Kier alpha value is -2.02. The van der Waals surface area contributed by atoms with Crippen LogP contribution in [0, 0.1) is 0 Å². The van der Waals surface area contributed by atoms with E-state index in [4.69, 9.17) is 9.52 Å². The number of likely N-dealkylation sites (tertiary alicyclic amines) is 1. The van der Waals surface area contributed by atoms with Crippen LogP contribution in [0.3, 0.4) is 0 Å². The molecule has 0 aliphatic carbocycles. The highest BCUT2D eigenvalue weighted by Crippen LogP contribution is 2.18. The number of nitrogens with zero attached hydrogens (tertiary/aromatic N) is 1. The Labute approximate surface area is 109 Å². The first-order valence-electron chi connectivity index (χ1n) is 6.05. The first-order valence-corrected chi connectivity index (χ1v) is 6.05. The van der Waals surface area contributed by atoms with E-state index in [1.165, 1.54) is 0 Å². The maximum Gasteiger partial charge on any atom is 0.326 e. The van der Waals surface area contributed by atoms with Crippen LogP contribution in [0.5, 0.6) is 0 Å². The number of aliphatic carboxylic acids is 1. The second kappa shape index (κ2) is 5.75. The topological polar surface area (TPSA) is 103 Å². The summed E-state index contributed by atoms with van der Waals surface area (Å²) in [4.78, 5) is 24.0. The molecule has 2 atom stereocenters. The molecule has 2 amide bonds. The van der Waals surface area contributed by atoms with E-state index < -0.39 is 24.1 Å². The molecule has 2 unspecified atom stereocenters. The fraction of sp³-hybridized carbons (Fsp3) is 0.500. The van der Waals surface area contributed by atoms with Crippen LogP contribution in [0.2, 0.25) is 0 Å². The molecule has 104 valence electrons. The van der Waals surface area contributed by atoms with Gasteiger partial charge in [0.25, 0.3) is 0 Å². The Morgan fingerprint density at radius 3 is 2.95 bits per heavy atom. The van der Waals surface area contributed by atoms with Crippen LogP contribution < -0.4 is 5.32 Å². The van der Waals surface area contributed by atoms with Gasteiger partial charge in [0.1, 0.15) is 11.8 Å². The predicted molar refractivity (Wildman–Crippen MR) is 64.6 cm³/mol. The average Bonchev–Trinajstić information content (AvgIpc) is 2.98. The van der Waals surface area contributed by atoms with Crippen molar-refractivity contribution < 1.29 is 24.2 Å². The highest BCUT2D eigenvalue weighted by Gasteiger charge is 2.38. The average molecular weight is 268 g/mol. The fourth-order valence-electron chi connectivity index (χ4n) is 2.12. The number of amides is 2. The highest BCUT2D eigenvalue weighted by molar-refractivity contribution is 5.83. The lowest BCUT2D eigenvalue weighted by Crippen LogP contribution is -2.46. The monoisotopic (exact) mass is 268 g/mol. The van der Waals surface area contributed by atoms with Crippen LogP contribution in [0.15, 0.2) is 22.8 Å². The van der Waals surface area contributed by atoms with Crippen molar-refractivity contribution in [1.82, 2.24) is 10.2 Å². The third kappa shape index (κ3) is 3.25. The zero-order valence-corrected chi connectivity index (χ0v) is 10.3. The lowest BCUT2D eigenvalue weighted by atomic mass is 10.2. The number of hydrogen-bond donors (Lipinski definition) is 3. The van der Waals surface area contributed by atoms with E-state index in [0.717, 1.165) is 10.7 Å². The molecule has 1 fully saturated rings. The number of urea groups is 1. The molecule has 0 bridgehead atoms. The Bertz CT molecular complexity index is 445. The Morgan fingerprint density at radius 1 is 1.53 bits per heavy atom. The van der Waals surface area contributed by atoms with Crippen LogP contribution >= 0.6 is 0 Å². The fourth-order valence-corrected chi connectivity index (χ4v) is 2.12. The maximum atomic E-state index is 11.8. The molecule has 3 N–H and O–H groups in total. The number of furan rings is 1. The number of β-amino-alcohol motifs (C(OH)–C–C–N with tert-alkyl or cyclic N) is 1. The van der Waals surface area contributed by atoms with Crippen molar-refractivity contribution >= 4 is 12.0 Å².